The van der Waals surface area contributed by atoms with Gasteiger partial charge < -0.3 is 9.47 Å². The standard InChI is InChI=1S/C5H7BrO2.C4H5BrO2/c1-3-8-5(7)4(2)6;1-3(5)4(6)7-2/h2-3H2,1H3;1H2,2H3. The fourth-order valence-corrected chi connectivity index (χ4v) is 0.596. The van der Waals surface area contributed by atoms with Crippen molar-refractivity contribution in [2.24, 2.45) is 0 Å². The summed E-state index contributed by atoms with van der Waals surface area (Å²) >= 11 is 5.70. The second-order valence-electron chi connectivity index (χ2n) is 2.02. The van der Waals surface area contributed by atoms with E-state index in [1.165, 1.54) is 7.11 Å². The molecule has 0 saturated carbocycles. The Morgan fingerprint density at radius 3 is 1.60 bits per heavy atom. The highest BCUT2D eigenvalue weighted by molar-refractivity contribution is 9.12. The first-order valence-corrected chi connectivity index (χ1v) is 5.39. The molecule has 0 aliphatic heterocycles. The average Bonchev–Trinajstić information content (AvgIpc) is 2.17. The van der Waals surface area contributed by atoms with Crippen molar-refractivity contribution in [2.45, 2.75) is 6.92 Å². The molecule has 0 saturated heterocycles. The molecule has 0 atom stereocenters. The third kappa shape index (κ3) is 11.3. The summed E-state index contributed by atoms with van der Waals surface area (Å²) in [6, 6.07) is 0. The summed E-state index contributed by atoms with van der Waals surface area (Å²) in [5, 5.41) is 0. The quantitative estimate of drug-likeness (QED) is 0.583. The zero-order chi connectivity index (χ0) is 12.4. The molecule has 0 aromatic rings. The maximum atomic E-state index is 10.4. The summed E-state index contributed by atoms with van der Waals surface area (Å²) in [5.41, 5.74) is 0. The van der Waals surface area contributed by atoms with E-state index in [-0.39, 0.29) is 8.96 Å². The molecule has 0 bridgehead atoms. The molecule has 0 amide bonds. The Hall–Kier alpha value is -0.620. The summed E-state index contributed by atoms with van der Waals surface area (Å²) in [4.78, 5) is 20.5. The van der Waals surface area contributed by atoms with E-state index in [1.54, 1.807) is 6.92 Å². The molecule has 0 aromatic carbocycles. The molecule has 0 radical (unpaired) electrons. The van der Waals surface area contributed by atoms with Gasteiger partial charge in [0.15, 0.2) is 0 Å². The van der Waals surface area contributed by atoms with Crippen LogP contribution in [0.3, 0.4) is 0 Å². The second kappa shape index (κ2) is 9.92. The first-order chi connectivity index (χ1) is 6.86. The maximum absolute atomic E-state index is 10.4. The van der Waals surface area contributed by atoms with Crippen molar-refractivity contribution in [2.75, 3.05) is 13.7 Å². The Labute approximate surface area is 106 Å². The Morgan fingerprint density at radius 1 is 1.13 bits per heavy atom. The zero-order valence-electron chi connectivity index (χ0n) is 8.51. The highest BCUT2D eigenvalue weighted by atomic mass is 79.9. The Kier molecular flexibility index (Phi) is 11.1. The van der Waals surface area contributed by atoms with Gasteiger partial charge in [-0.1, -0.05) is 13.2 Å². The van der Waals surface area contributed by atoms with Crippen LogP contribution < -0.4 is 0 Å². The van der Waals surface area contributed by atoms with Gasteiger partial charge in [0, 0.05) is 0 Å². The fourth-order valence-electron chi connectivity index (χ4n) is 0.320. The predicted molar refractivity (Wildman–Crippen MR) is 64.8 cm³/mol. The van der Waals surface area contributed by atoms with Crippen LogP contribution in [0.5, 0.6) is 0 Å². The van der Waals surface area contributed by atoms with Crippen molar-refractivity contribution in [1.29, 1.82) is 0 Å². The minimum Gasteiger partial charge on any atom is -0.465 e. The van der Waals surface area contributed by atoms with Crippen LogP contribution >= 0.6 is 31.9 Å². The Morgan fingerprint density at radius 2 is 1.53 bits per heavy atom. The number of ether oxygens (including phenoxy) is 2. The van der Waals surface area contributed by atoms with Gasteiger partial charge in [0.1, 0.15) is 0 Å². The van der Waals surface area contributed by atoms with Crippen molar-refractivity contribution in [1.82, 2.24) is 0 Å². The lowest BCUT2D eigenvalue weighted by Gasteiger charge is -1.95. The van der Waals surface area contributed by atoms with E-state index in [2.05, 4.69) is 54.5 Å². The number of carbonyl (C=O) groups excluding carboxylic acids is 2. The highest BCUT2D eigenvalue weighted by Gasteiger charge is 2.00. The van der Waals surface area contributed by atoms with Crippen LogP contribution in [-0.2, 0) is 19.1 Å². The number of methoxy groups -OCH3 is 1. The summed E-state index contributed by atoms with van der Waals surface area (Å²) in [5.74, 6) is -0.826. The SMILES string of the molecule is C=C(Br)C(=O)OC.C=C(Br)C(=O)OCC. The third-order valence-corrected chi connectivity index (χ3v) is 1.55. The number of esters is 2. The van der Waals surface area contributed by atoms with Crippen LogP contribution in [0, 0.1) is 0 Å². The lowest BCUT2D eigenvalue weighted by molar-refractivity contribution is -0.137. The minimum absolute atomic E-state index is 0.245. The summed E-state index contributed by atoms with van der Waals surface area (Å²) in [6.45, 7) is 8.72. The summed E-state index contributed by atoms with van der Waals surface area (Å²) in [7, 11) is 1.30. The first-order valence-electron chi connectivity index (χ1n) is 3.81. The van der Waals surface area contributed by atoms with Gasteiger partial charge in [-0.25, -0.2) is 9.59 Å². The Bertz CT molecular complexity index is 261. The molecule has 0 aliphatic rings. The molecule has 15 heavy (non-hydrogen) atoms. The second-order valence-corrected chi connectivity index (χ2v) is 3.94. The van der Waals surface area contributed by atoms with Gasteiger partial charge in [-0.3, -0.25) is 0 Å². The Balaban J connectivity index is 0. The molecule has 0 N–H and O–H groups in total. The lowest BCUT2D eigenvalue weighted by Crippen LogP contribution is -2.01. The van der Waals surface area contributed by atoms with Crippen LogP contribution in [0.1, 0.15) is 6.92 Å². The van der Waals surface area contributed by atoms with E-state index in [0.29, 0.717) is 6.61 Å². The number of hydrogen-bond acceptors (Lipinski definition) is 4. The van der Waals surface area contributed by atoms with Gasteiger partial charge in [-0.2, -0.15) is 0 Å². The largest absolute Gasteiger partial charge is 0.465 e. The zero-order valence-corrected chi connectivity index (χ0v) is 11.7. The normalized spacial score (nSPS) is 8.00. The molecule has 6 heteroatoms. The van der Waals surface area contributed by atoms with E-state index in [4.69, 9.17) is 0 Å². The van der Waals surface area contributed by atoms with Gasteiger partial charge in [-0.05, 0) is 38.8 Å². The van der Waals surface area contributed by atoms with Crippen molar-refractivity contribution in [3.05, 3.63) is 22.1 Å². The van der Waals surface area contributed by atoms with Crippen LogP contribution in [0.4, 0.5) is 0 Å². The number of carbonyl (C=O) groups is 2. The minimum atomic E-state index is -0.431. The number of hydrogen-bond donors (Lipinski definition) is 0. The van der Waals surface area contributed by atoms with Crippen LogP contribution in [0.25, 0.3) is 0 Å². The van der Waals surface area contributed by atoms with Gasteiger partial charge in [0.2, 0.25) is 0 Å². The smallest absolute Gasteiger partial charge is 0.344 e. The van der Waals surface area contributed by atoms with Crippen molar-refractivity contribution >= 4 is 43.8 Å². The van der Waals surface area contributed by atoms with E-state index in [9.17, 15) is 9.59 Å². The topological polar surface area (TPSA) is 52.6 Å². The highest BCUT2D eigenvalue weighted by Crippen LogP contribution is 2.01. The average molecular weight is 344 g/mol. The molecular weight excluding hydrogens is 332 g/mol. The van der Waals surface area contributed by atoms with E-state index >= 15 is 0 Å². The monoisotopic (exact) mass is 342 g/mol. The molecule has 0 aromatic heterocycles. The molecule has 86 valence electrons. The van der Waals surface area contributed by atoms with E-state index in [1.807, 2.05) is 0 Å². The van der Waals surface area contributed by atoms with Gasteiger partial charge in [0.25, 0.3) is 0 Å². The van der Waals surface area contributed by atoms with Gasteiger partial charge >= 0.3 is 11.9 Å². The van der Waals surface area contributed by atoms with Crippen molar-refractivity contribution in [3.8, 4) is 0 Å². The molecule has 0 fully saturated rings. The van der Waals surface area contributed by atoms with Crippen LogP contribution in [0.15, 0.2) is 22.1 Å². The summed E-state index contributed by atoms with van der Waals surface area (Å²) in [6.07, 6.45) is 0. The molecule has 0 aliphatic carbocycles. The fraction of sp³-hybridized carbons (Fsp3) is 0.333. The maximum Gasteiger partial charge on any atom is 0.344 e. The molecule has 4 nitrogen and oxygen atoms in total. The van der Waals surface area contributed by atoms with E-state index < -0.39 is 11.9 Å². The molecular formula is C9H12Br2O4. The molecule has 0 heterocycles. The molecule has 0 rings (SSSR count). The first kappa shape index (κ1) is 16.8. The number of halogens is 2. The predicted octanol–water partition coefficient (Wildman–Crippen LogP) is 2.53. The summed E-state index contributed by atoms with van der Waals surface area (Å²) < 4.78 is 9.25. The van der Waals surface area contributed by atoms with Crippen LogP contribution in [0.2, 0.25) is 0 Å². The van der Waals surface area contributed by atoms with Crippen molar-refractivity contribution in [3.63, 3.8) is 0 Å². The van der Waals surface area contributed by atoms with Crippen molar-refractivity contribution < 1.29 is 19.1 Å². The third-order valence-electron chi connectivity index (χ3n) is 0.904. The lowest BCUT2D eigenvalue weighted by atomic mass is 10.6. The molecule has 0 unspecified atom stereocenters. The van der Waals surface area contributed by atoms with Crippen LogP contribution in [-0.4, -0.2) is 25.7 Å². The van der Waals surface area contributed by atoms with Gasteiger partial charge in [0.05, 0.1) is 22.7 Å². The number of rotatable bonds is 3. The van der Waals surface area contributed by atoms with E-state index in [0.717, 1.165) is 0 Å². The van der Waals surface area contributed by atoms with Gasteiger partial charge in [-0.15, -0.1) is 0 Å². The molecule has 0 spiro atoms.